The van der Waals surface area contributed by atoms with Gasteiger partial charge in [0.15, 0.2) is 0 Å². The molecule has 0 saturated heterocycles. The number of halogens is 1. The summed E-state index contributed by atoms with van der Waals surface area (Å²) in [4.78, 5) is 10.8. The quantitative estimate of drug-likeness (QED) is 0.621. The first-order valence-electron chi connectivity index (χ1n) is 3.35. The van der Waals surface area contributed by atoms with Gasteiger partial charge in [-0.1, -0.05) is 6.07 Å². The number of aryl methyl sites for hydroxylation is 1. The maximum atomic E-state index is 10.8. The van der Waals surface area contributed by atoms with Crippen LogP contribution in [0.3, 0.4) is 0 Å². The van der Waals surface area contributed by atoms with Crippen LogP contribution in [0, 0.1) is 18.3 Å². The standard InChI is InChI=1S/C9H6ClNO/c1-6-2-3-7(5-11)4-8(6)9(10)12/h2-4H,1H3. The first-order chi connectivity index (χ1) is 5.65. The second-order valence-electron chi connectivity index (χ2n) is 2.42. The fourth-order valence-electron chi connectivity index (χ4n) is 0.903. The van der Waals surface area contributed by atoms with Crippen LogP contribution in [-0.4, -0.2) is 5.24 Å². The van der Waals surface area contributed by atoms with Gasteiger partial charge >= 0.3 is 0 Å². The molecule has 0 unspecified atom stereocenters. The molecule has 0 spiro atoms. The Morgan fingerprint density at radius 2 is 2.25 bits per heavy atom. The summed E-state index contributed by atoms with van der Waals surface area (Å²) in [7, 11) is 0. The van der Waals surface area contributed by atoms with Crippen molar-refractivity contribution in [3.63, 3.8) is 0 Å². The number of carbonyl (C=O) groups is 1. The van der Waals surface area contributed by atoms with Crippen LogP contribution in [0.1, 0.15) is 21.5 Å². The van der Waals surface area contributed by atoms with Crippen molar-refractivity contribution in [3.05, 3.63) is 34.9 Å². The summed E-state index contributed by atoms with van der Waals surface area (Å²) in [5.41, 5.74) is 1.63. The molecule has 1 aromatic rings. The number of nitriles is 1. The van der Waals surface area contributed by atoms with Gasteiger partial charge in [-0.2, -0.15) is 5.26 Å². The number of rotatable bonds is 1. The van der Waals surface area contributed by atoms with Crippen LogP contribution in [0.2, 0.25) is 0 Å². The summed E-state index contributed by atoms with van der Waals surface area (Å²) in [6, 6.07) is 6.78. The van der Waals surface area contributed by atoms with Crippen molar-refractivity contribution in [1.82, 2.24) is 0 Å². The fourth-order valence-corrected chi connectivity index (χ4v) is 1.11. The maximum absolute atomic E-state index is 10.8. The van der Waals surface area contributed by atoms with E-state index in [0.717, 1.165) is 5.56 Å². The summed E-state index contributed by atoms with van der Waals surface area (Å²) in [5, 5.41) is 8.01. The zero-order valence-corrected chi connectivity index (χ0v) is 7.22. The van der Waals surface area contributed by atoms with Gasteiger partial charge < -0.3 is 0 Å². The molecule has 0 amide bonds. The van der Waals surface area contributed by atoms with Gasteiger partial charge in [0.1, 0.15) is 0 Å². The van der Waals surface area contributed by atoms with Gasteiger partial charge in [-0.05, 0) is 36.2 Å². The molecule has 0 heterocycles. The SMILES string of the molecule is Cc1ccc(C#N)cc1C(=O)Cl. The Kier molecular flexibility index (Phi) is 2.47. The van der Waals surface area contributed by atoms with Gasteiger partial charge in [0, 0.05) is 5.56 Å². The highest BCUT2D eigenvalue weighted by molar-refractivity contribution is 6.67. The summed E-state index contributed by atoms with van der Waals surface area (Å²) in [6.45, 7) is 1.77. The largest absolute Gasteiger partial charge is 0.276 e. The van der Waals surface area contributed by atoms with E-state index < -0.39 is 5.24 Å². The first kappa shape index (κ1) is 8.76. The number of hydrogen-bond donors (Lipinski definition) is 0. The minimum atomic E-state index is -0.524. The second-order valence-corrected chi connectivity index (χ2v) is 2.76. The first-order valence-corrected chi connectivity index (χ1v) is 3.73. The van der Waals surface area contributed by atoms with Gasteiger partial charge in [-0.25, -0.2) is 0 Å². The van der Waals surface area contributed by atoms with Gasteiger partial charge in [0.25, 0.3) is 5.24 Å². The highest BCUT2D eigenvalue weighted by Crippen LogP contribution is 2.12. The van der Waals surface area contributed by atoms with Crippen molar-refractivity contribution in [1.29, 1.82) is 5.26 Å². The van der Waals surface area contributed by atoms with Crippen LogP contribution in [0.5, 0.6) is 0 Å². The average Bonchev–Trinajstić information content (AvgIpc) is 2.05. The molecule has 0 aliphatic carbocycles. The van der Waals surface area contributed by atoms with Crippen molar-refractivity contribution in [2.75, 3.05) is 0 Å². The van der Waals surface area contributed by atoms with Gasteiger partial charge in [0.2, 0.25) is 0 Å². The Hall–Kier alpha value is -1.33. The smallest absolute Gasteiger partial charge is 0.252 e. The molecule has 0 N–H and O–H groups in total. The Morgan fingerprint density at radius 3 is 2.75 bits per heavy atom. The third-order valence-electron chi connectivity index (χ3n) is 1.58. The molecule has 0 bridgehead atoms. The Balaban J connectivity index is 3.28. The van der Waals surface area contributed by atoms with E-state index in [2.05, 4.69) is 0 Å². The van der Waals surface area contributed by atoms with E-state index in [1.54, 1.807) is 19.1 Å². The normalized spacial score (nSPS) is 9.08. The molecule has 3 heteroatoms. The Bertz CT molecular complexity index is 365. The molecule has 0 aliphatic rings. The molecular weight excluding hydrogens is 174 g/mol. The summed E-state index contributed by atoms with van der Waals surface area (Å²) in [5.74, 6) is 0. The van der Waals surface area contributed by atoms with Crippen LogP contribution < -0.4 is 0 Å². The molecule has 2 nitrogen and oxygen atoms in total. The molecule has 0 saturated carbocycles. The number of benzene rings is 1. The molecule has 0 radical (unpaired) electrons. The molecule has 0 aliphatic heterocycles. The molecule has 1 rings (SSSR count). The highest BCUT2D eigenvalue weighted by atomic mass is 35.5. The molecule has 60 valence electrons. The number of hydrogen-bond acceptors (Lipinski definition) is 2. The lowest BCUT2D eigenvalue weighted by Crippen LogP contribution is -1.93. The molecule has 12 heavy (non-hydrogen) atoms. The monoisotopic (exact) mass is 179 g/mol. The van der Waals surface area contributed by atoms with Crippen molar-refractivity contribution in [3.8, 4) is 6.07 Å². The molecule has 0 fully saturated rings. The lowest BCUT2D eigenvalue weighted by molar-refractivity contribution is 0.108. The van der Waals surface area contributed by atoms with Gasteiger partial charge in [-0.15, -0.1) is 0 Å². The lowest BCUT2D eigenvalue weighted by Gasteiger charge is -1.98. The van der Waals surface area contributed by atoms with Crippen LogP contribution >= 0.6 is 11.6 Å². The van der Waals surface area contributed by atoms with E-state index >= 15 is 0 Å². The second kappa shape index (κ2) is 3.38. The van der Waals surface area contributed by atoms with E-state index in [-0.39, 0.29) is 0 Å². The van der Waals surface area contributed by atoms with E-state index in [1.807, 2.05) is 6.07 Å². The minimum absolute atomic E-state index is 0.399. The van der Waals surface area contributed by atoms with Crippen LogP contribution in [0.15, 0.2) is 18.2 Å². The molecule has 0 aromatic heterocycles. The minimum Gasteiger partial charge on any atom is -0.276 e. The summed E-state index contributed by atoms with van der Waals surface area (Å²) < 4.78 is 0. The van der Waals surface area contributed by atoms with E-state index in [9.17, 15) is 4.79 Å². The van der Waals surface area contributed by atoms with Crippen LogP contribution in [0.25, 0.3) is 0 Å². The zero-order valence-electron chi connectivity index (χ0n) is 6.47. The predicted octanol–water partition coefficient (Wildman–Crippen LogP) is 2.25. The molecular formula is C9H6ClNO. The van der Waals surface area contributed by atoms with Gasteiger partial charge in [-0.3, -0.25) is 4.79 Å². The van der Waals surface area contributed by atoms with Crippen molar-refractivity contribution >= 4 is 16.8 Å². The van der Waals surface area contributed by atoms with E-state index in [1.165, 1.54) is 6.07 Å². The predicted molar refractivity (Wildman–Crippen MR) is 46.1 cm³/mol. The fraction of sp³-hybridized carbons (Fsp3) is 0.111. The van der Waals surface area contributed by atoms with E-state index in [0.29, 0.717) is 11.1 Å². The maximum Gasteiger partial charge on any atom is 0.252 e. The van der Waals surface area contributed by atoms with Gasteiger partial charge in [0.05, 0.1) is 11.6 Å². The summed E-state index contributed by atoms with van der Waals surface area (Å²) in [6.07, 6.45) is 0. The van der Waals surface area contributed by atoms with Crippen molar-refractivity contribution < 1.29 is 4.79 Å². The summed E-state index contributed by atoms with van der Waals surface area (Å²) >= 11 is 5.29. The molecule has 0 atom stereocenters. The van der Waals surface area contributed by atoms with Crippen LogP contribution in [0.4, 0.5) is 0 Å². The number of carbonyl (C=O) groups excluding carboxylic acids is 1. The third-order valence-corrected chi connectivity index (χ3v) is 1.78. The van der Waals surface area contributed by atoms with Crippen LogP contribution in [-0.2, 0) is 0 Å². The third kappa shape index (κ3) is 1.63. The average molecular weight is 180 g/mol. The Morgan fingerprint density at radius 1 is 1.58 bits per heavy atom. The zero-order chi connectivity index (χ0) is 9.14. The Labute approximate surface area is 75.4 Å². The highest BCUT2D eigenvalue weighted by Gasteiger charge is 2.05. The van der Waals surface area contributed by atoms with Crippen molar-refractivity contribution in [2.24, 2.45) is 0 Å². The molecule has 1 aromatic carbocycles. The number of nitrogens with zero attached hydrogens (tertiary/aromatic N) is 1. The van der Waals surface area contributed by atoms with Crippen molar-refractivity contribution in [2.45, 2.75) is 6.92 Å². The van der Waals surface area contributed by atoms with E-state index in [4.69, 9.17) is 16.9 Å². The topological polar surface area (TPSA) is 40.9 Å². The lowest BCUT2D eigenvalue weighted by atomic mass is 10.1.